The molecule has 9 rings (SSSR count). The number of phenols is 2. The van der Waals surface area contributed by atoms with E-state index < -0.39 is 0 Å². The number of aromatic hydroxyl groups is 2. The van der Waals surface area contributed by atoms with Gasteiger partial charge in [-0.15, -0.1) is 0 Å². The van der Waals surface area contributed by atoms with Crippen molar-refractivity contribution in [3.05, 3.63) is 243 Å². The second kappa shape index (κ2) is 18.6. The van der Waals surface area contributed by atoms with E-state index in [0.717, 1.165) is 117 Å². The Bertz CT molecular complexity index is 3250. The summed E-state index contributed by atoms with van der Waals surface area (Å²) in [6.07, 6.45) is 13.2. The molecule has 0 heterocycles. The van der Waals surface area contributed by atoms with Gasteiger partial charge in [0.2, 0.25) is 0 Å². The van der Waals surface area contributed by atoms with Gasteiger partial charge in [-0.2, -0.15) is 0 Å². The van der Waals surface area contributed by atoms with Crippen molar-refractivity contribution >= 4 is 32.7 Å². The topological polar surface area (TPSA) is 40.5 Å². The van der Waals surface area contributed by atoms with Crippen LogP contribution in [0, 0.1) is 0 Å². The first-order chi connectivity index (χ1) is 31.9. The van der Waals surface area contributed by atoms with Crippen molar-refractivity contribution < 1.29 is 10.2 Å². The molecule has 0 spiro atoms. The number of hydrogen-bond donors (Lipinski definition) is 2. The van der Waals surface area contributed by atoms with E-state index in [1.807, 2.05) is 48.6 Å². The first-order valence-electron chi connectivity index (χ1n) is 22.2. The fourth-order valence-electron chi connectivity index (χ4n) is 9.41. The maximum absolute atomic E-state index is 10.4. The summed E-state index contributed by atoms with van der Waals surface area (Å²) in [6, 6.07) is 63.2. The minimum Gasteiger partial charge on any atom is -0.508 e. The first kappa shape index (κ1) is 42.1. The van der Waals surface area contributed by atoms with E-state index in [4.69, 9.17) is 0 Å². The zero-order chi connectivity index (χ0) is 44.9. The second-order valence-electron chi connectivity index (χ2n) is 16.2. The fourth-order valence-corrected chi connectivity index (χ4v) is 9.41. The van der Waals surface area contributed by atoms with Crippen LogP contribution in [0.5, 0.6) is 11.5 Å². The maximum atomic E-state index is 10.4. The Balaban J connectivity index is 1.42. The number of benzene rings is 9. The predicted molar refractivity (Wildman–Crippen MR) is 279 cm³/mol. The molecule has 0 saturated heterocycles. The summed E-state index contributed by atoms with van der Waals surface area (Å²) in [5.74, 6) is 0.452. The Morgan fingerprint density at radius 1 is 0.446 bits per heavy atom. The second-order valence-corrected chi connectivity index (χ2v) is 16.2. The van der Waals surface area contributed by atoms with Crippen LogP contribution in [0.25, 0.3) is 99.5 Å². The van der Waals surface area contributed by atoms with Crippen molar-refractivity contribution in [2.75, 3.05) is 0 Å². The van der Waals surface area contributed by atoms with Gasteiger partial charge in [-0.25, -0.2) is 0 Å². The molecule has 9 aromatic rings. The third kappa shape index (κ3) is 8.15. The molecule has 0 amide bonds. The standard InChI is InChI=1S/C63H50O2/c1-5-19-42(8-4)56-38-48(40-58(44-22-11-9-12-23-44)60(56)46-30-34-50(64)35-31-46)62-52-26-15-17-28-54(52)63(55-29-18-16-27-53(55)62)49-39-57(43(20-6-2)21-7-3)61(47-32-36-51(65)37-33-47)59(41-49)45-24-13-10-14-25-45/h5-6,8-41,64-65H,1,4,7H2,2-3H3/b20-6-,42-19+,43-21+. The summed E-state index contributed by atoms with van der Waals surface area (Å²) in [4.78, 5) is 0. The van der Waals surface area contributed by atoms with Crippen molar-refractivity contribution in [1.29, 1.82) is 0 Å². The molecule has 65 heavy (non-hydrogen) atoms. The number of phenolic OH excluding ortho intramolecular Hbond substituents is 2. The van der Waals surface area contributed by atoms with Crippen molar-refractivity contribution in [2.45, 2.75) is 20.3 Å². The van der Waals surface area contributed by atoms with Gasteiger partial charge in [-0.05, 0) is 172 Å². The Labute approximate surface area is 382 Å². The smallest absolute Gasteiger partial charge is 0.115 e. The first-order valence-corrected chi connectivity index (χ1v) is 22.2. The van der Waals surface area contributed by atoms with Crippen molar-refractivity contribution in [1.82, 2.24) is 0 Å². The predicted octanol–water partition coefficient (Wildman–Crippen LogP) is 17.5. The van der Waals surface area contributed by atoms with E-state index >= 15 is 0 Å². The Morgan fingerprint density at radius 2 is 0.846 bits per heavy atom. The lowest BCUT2D eigenvalue weighted by molar-refractivity contribution is 0.475. The van der Waals surface area contributed by atoms with Gasteiger partial charge in [0.25, 0.3) is 0 Å². The van der Waals surface area contributed by atoms with Crippen LogP contribution < -0.4 is 0 Å². The molecule has 2 heteroatoms. The van der Waals surface area contributed by atoms with Gasteiger partial charge < -0.3 is 10.2 Å². The lowest BCUT2D eigenvalue weighted by Gasteiger charge is -2.23. The van der Waals surface area contributed by atoms with Crippen molar-refractivity contribution in [3.63, 3.8) is 0 Å². The summed E-state index contributed by atoms with van der Waals surface area (Å²) in [7, 11) is 0. The molecular formula is C63H50O2. The molecular weight excluding hydrogens is 789 g/mol. The minimum absolute atomic E-state index is 0.217. The molecule has 0 aliphatic carbocycles. The summed E-state index contributed by atoms with van der Waals surface area (Å²) in [5.41, 5.74) is 17.3. The molecule has 0 aliphatic heterocycles. The molecule has 0 atom stereocenters. The van der Waals surface area contributed by atoms with E-state index in [1.54, 1.807) is 24.3 Å². The van der Waals surface area contributed by atoms with Crippen LogP contribution in [0.3, 0.4) is 0 Å². The van der Waals surface area contributed by atoms with Gasteiger partial charge in [-0.1, -0.05) is 190 Å². The molecule has 9 aromatic carbocycles. The average Bonchev–Trinajstić information content (AvgIpc) is 3.35. The van der Waals surface area contributed by atoms with Crippen LogP contribution in [0.2, 0.25) is 0 Å². The summed E-state index contributed by atoms with van der Waals surface area (Å²) >= 11 is 0. The van der Waals surface area contributed by atoms with E-state index in [0.29, 0.717) is 0 Å². The highest BCUT2D eigenvalue weighted by Gasteiger charge is 2.24. The van der Waals surface area contributed by atoms with E-state index in [9.17, 15) is 10.2 Å². The Morgan fingerprint density at radius 3 is 1.22 bits per heavy atom. The highest BCUT2D eigenvalue weighted by molar-refractivity contribution is 6.22. The largest absolute Gasteiger partial charge is 0.508 e. The average molecular weight is 839 g/mol. The van der Waals surface area contributed by atoms with Gasteiger partial charge in [0.1, 0.15) is 11.5 Å². The zero-order valence-corrected chi connectivity index (χ0v) is 36.8. The van der Waals surface area contributed by atoms with Gasteiger partial charge in [0, 0.05) is 0 Å². The monoisotopic (exact) mass is 838 g/mol. The van der Waals surface area contributed by atoms with E-state index in [-0.39, 0.29) is 11.5 Å². The summed E-state index contributed by atoms with van der Waals surface area (Å²) < 4.78 is 0. The molecule has 2 nitrogen and oxygen atoms in total. The molecule has 0 unspecified atom stereocenters. The van der Waals surface area contributed by atoms with Gasteiger partial charge in [-0.3, -0.25) is 0 Å². The lowest BCUT2D eigenvalue weighted by Crippen LogP contribution is -1.98. The zero-order valence-electron chi connectivity index (χ0n) is 36.8. The number of rotatable bonds is 12. The molecule has 0 radical (unpaired) electrons. The summed E-state index contributed by atoms with van der Waals surface area (Å²) in [5, 5.41) is 25.4. The van der Waals surface area contributed by atoms with Crippen LogP contribution >= 0.6 is 0 Å². The highest BCUT2D eigenvalue weighted by Crippen LogP contribution is 2.50. The number of hydrogen-bond acceptors (Lipinski definition) is 2. The Hall–Kier alpha value is -8.20. The van der Waals surface area contributed by atoms with Crippen LogP contribution in [0.4, 0.5) is 0 Å². The van der Waals surface area contributed by atoms with Crippen LogP contribution in [-0.4, -0.2) is 10.2 Å². The normalized spacial score (nSPS) is 12.0. The SMILES string of the molecule is C=C/C=C(\C=C)c1cc(-c2c3ccccc3c(-c3cc(C(/C=C\C)=C/CC)c(-c4ccc(O)cc4)c(-c4ccccc4)c3)c3ccccc23)cc(-c2ccccc2)c1-c1ccc(O)cc1. The third-order valence-electron chi connectivity index (χ3n) is 12.2. The lowest BCUT2D eigenvalue weighted by atomic mass is 9.80. The number of allylic oxidation sites excluding steroid dienone is 8. The molecule has 2 N–H and O–H groups in total. The molecule has 0 bridgehead atoms. The third-order valence-corrected chi connectivity index (χ3v) is 12.2. The van der Waals surface area contributed by atoms with E-state index in [1.165, 1.54) is 0 Å². The van der Waals surface area contributed by atoms with Gasteiger partial charge in [0.15, 0.2) is 0 Å². The minimum atomic E-state index is 0.217. The highest BCUT2D eigenvalue weighted by atomic mass is 16.3. The Kier molecular flexibility index (Phi) is 12.1. The maximum Gasteiger partial charge on any atom is 0.115 e. The molecule has 314 valence electrons. The van der Waals surface area contributed by atoms with Crippen LogP contribution in [0.1, 0.15) is 31.4 Å². The molecule has 0 saturated carbocycles. The molecule has 0 aliphatic rings. The van der Waals surface area contributed by atoms with Crippen LogP contribution in [0.15, 0.2) is 232 Å². The van der Waals surface area contributed by atoms with Crippen LogP contribution in [-0.2, 0) is 0 Å². The van der Waals surface area contributed by atoms with Gasteiger partial charge in [0.05, 0.1) is 0 Å². The van der Waals surface area contributed by atoms with Crippen molar-refractivity contribution in [2.24, 2.45) is 0 Å². The number of fused-ring (bicyclic) bond motifs is 2. The summed E-state index contributed by atoms with van der Waals surface area (Å²) in [6.45, 7) is 12.6. The van der Waals surface area contributed by atoms with Crippen molar-refractivity contribution in [3.8, 4) is 78.3 Å². The quantitative estimate of drug-likeness (QED) is 0.0950. The van der Waals surface area contributed by atoms with E-state index in [2.05, 4.69) is 173 Å². The molecule has 0 fully saturated rings. The molecule has 0 aromatic heterocycles. The fraction of sp³-hybridized carbons (Fsp3) is 0.0476. The van der Waals surface area contributed by atoms with Gasteiger partial charge >= 0.3 is 0 Å².